The monoisotopic (exact) mass is 279 g/mol. The van der Waals surface area contributed by atoms with E-state index in [9.17, 15) is 4.79 Å². The lowest BCUT2D eigenvalue weighted by molar-refractivity contribution is 0.536. The van der Waals surface area contributed by atoms with Gasteiger partial charge < -0.3 is 5.32 Å². The molecule has 2 rings (SSSR count). The molecule has 0 radical (unpaired) electrons. The average Bonchev–Trinajstić information content (AvgIpc) is 2.99. The fourth-order valence-corrected chi connectivity index (χ4v) is 2.69. The third kappa shape index (κ3) is 3.81. The molecule has 1 N–H and O–H groups in total. The van der Waals surface area contributed by atoms with Crippen LogP contribution in [-0.4, -0.2) is 22.2 Å². The maximum atomic E-state index is 12.0. The molecule has 0 atom stereocenters. The van der Waals surface area contributed by atoms with Gasteiger partial charge in [-0.15, -0.1) is 0 Å². The molecule has 0 aromatic carbocycles. The quantitative estimate of drug-likeness (QED) is 0.789. The van der Waals surface area contributed by atoms with E-state index in [1.165, 1.54) is 5.56 Å². The van der Waals surface area contributed by atoms with Crippen LogP contribution in [0.5, 0.6) is 0 Å². The zero-order valence-electron chi connectivity index (χ0n) is 11.5. The van der Waals surface area contributed by atoms with Crippen molar-refractivity contribution in [1.29, 1.82) is 0 Å². The number of hydrogen-bond acceptors (Lipinski definition) is 3. The molecule has 4 nitrogen and oxygen atoms in total. The van der Waals surface area contributed by atoms with Gasteiger partial charge in [-0.2, -0.15) is 11.3 Å². The van der Waals surface area contributed by atoms with Crippen LogP contribution < -0.4 is 11.0 Å². The smallest absolute Gasteiger partial charge is 0.315 e. The minimum atomic E-state index is 0.0784. The van der Waals surface area contributed by atoms with Crippen LogP contribution in [-0.2, 0) is 13.0 Å². The Bertz CT molecular complexity index is 539. The SMILES string of the molecule is CC(C)n1ccn(CCNCCc2ccsc2)c1=O. The normalized spacial score (nSPS) is 11.3. The van der Waals surface area contributed by atoms with Crippen molar-refractivity contribution in [3.63, 3.8) is 0 Å². The molecule has 0 aliphatic carbocycles. The zero-order chi connectivity index (χ0) is 13.7. The highest BCUT2D eigenvalue weighted by Gasteiger charge is 2.05. The highest BCUT2D eigenvalue weighted by Crippen LogP contribution is 2.05. The lowest BCUT2D eigenvalue weighted by Gasteiger charge is -2.06. The molecule has 0 saturated heterocycles. The van der Waals surface area contributed by atoms with Crippen LogP contribution >= 0.6 is 11.3 Å². The van der Waals surface area contributed by atoms with E-state index >= 15 is 0 Å². The fourth-order valence-electron chi connectivity index (χ4n) is 1.98. The molecule has 19 heavy (non-hydrogen) atoms. The van der Waals surface area contributed by atoms with Crippen LogP contribution in [0.25, 0.3) is 0 Å². The summed E-state index contributed by atoms with van der Waals surface area (Å²) in [6.45, 7) is 6.54. The van der Waals surface area contributed by atoms with Gasteiger partial charge in [0.05, 0.1) is 0 Å². The molecule has 2 aromatic heterocycles. The number of thiophene rings is 1. The van der Waals surface area contributed by atoms with Crippen molar-refractivity contribution in [3.8, 4) is 0 Å². The van der Waals surface area contributed by atoms with E-state index in [4.69, 9.17) is 0 Å². The van der Waals surface area contributed by atoms with Crippen LogP contribution in [0.2, 0.25) is 0 Å². The van der Waals surface area contributed by atoms with E-state index < -0.39 is 0 Å². The summed E-state index contributed by atoms with van der Waals surface area (Å²) in [6.07, 6.45) is 4.77. The maximum absolute atomic E-state index is 12.0. The van der Waals surface area contributed by atoms with Crippen molar-refractivity contribution in [2.24, 2.45) is 0 Å². The summed E-state index contributed by atoms with van der Waals surface area (Å²) < 4.78 is 3.52. The molecule has 0 spiro atoms. The van der Waals surface area contributed by atoms with Gasteiger partial charge in [0.15, 0.2) is 0 Å². The Morgan fingerprint density at radius 3 is 2.79 bits per heavy atom. The second kappa shape index (κ2) is 6.73. The third-order valence-electron chi connectivity index (χ3n) is 3.13. The van der Waals surface area contributed by atoms with Crippen LogP contribution in [0.3, 0.4) is 0 Å². The number of nitrogens with zero attached hydrogens (tertiary/aromatic N) is 2. The predicted octanol–water partition coefficient (Wildman–Crippen LogP) is 2.12. The number of imidazole rings is 1. The Balaban J connectivity index is 1.72. The standard InChI is InChI=1S/C14H21N3OS/c1-12(2)17-9-8-16(14(17)18)7-6-15-5-3-13-4-10-19-11-13/h4,8-12,15H,3,5-7H2,1-2H3. The van der Waals surface area contributed by atoms with Gasteiger partial charge in [0.1, 0.15) is 0 Å². The molecule has 0 saturated carbocycles. The Hall–Kier alpha value is -1.33. The summed E-state index contributed by atoms with van der Waals surface area (Å²) in [5.74, 6) is 0. The van der Waals surface area contributed by atoms with Crippen LogP contribution in [0, 0.1) is 0 Å². The second-order valence-corrected chi connectivity index (χ2v) is 5.69. The van der Waals surface area contributed by atoms with Gasteiger partial charge in [0, 0.05) is 31.5 Å². The molecule has 0 aliphatic heterocycles. The van der Waals surface area contributed by atoms with Gasteiger partial charge in [0.2, 0.25) is 0 Å². The summed E-state index contributed by atoms with van der Waals surface area (Å²) in [4.78, 5) is 12.0. The summed E-state index contributed by atoms with van der Waals surface area (Å²) in [5.41, 5.74) is 1.45. The maximum Gasteiger partial charge on any atom is 0.328 e. The van der Waals surface area contributed by atoms with E-state index in [1.807, 2.05) is 26.2 Å². The van der Waals surface area contributed by atoms with Gasteiger partial charge in [-0.1, -0.05) is 0 Å². The highest BCUT2D eigenvalue weighted by atomic mass is 32.1. The van der Waals surface area contributed by atoms with Gasteiger partial charge in [-0.05, 0) is 49.2 Å². The Kier molecular flexibility index (Phi) is 4.99. The molecule has 104 valence electrons. The van der Waals surface area contributed by atoms with Crippen molar-refractivity contribution in [3.05, 3.63) is 45.3 Å². The molecule has 5 heteroatoms. The van der Waals surface area contributed by atoms with Crippen LogP contribution in [0.4, 0.5) is 0 Å². The summed E-state index contributed by atoms with van der Waals surface area (Å²) in [7, 11) is 0. The van der Waals surface area contributed by atoms with Gasteiger partial charge >= 0.3 is 5.69 Å². The summed E-state index contributed by atoms with van der Waals surface area (Å²) >= 11 is 1.73. The van der Waals surface area contributed by atoms with Crippen LogP contribution in [0.15, 0.2) is 34.0 Å². The van der Waals surface area contributed by atoms with Gasteiger partial charge in [-0.25, -0.2) is 4.79 Å². The first-order valence-corrected chi connectivity index (χ1v) is 7.62. The molecule has 0 fully saturated rings. The first-order chi connectivity index (χ1) is 9.18. The largest absolute Gasteiger partial charge is 0.328 e. The van der Waals surface area contributed by atoms with E-state index in [1.54, 1.807) is 20.5 Å². The Morgan fingerprint density at radius 2 is 2.16 bits per heavy atom. The van der Waals surface area contributed by atoms with E-state index in [-0.39, 0.29) is 11.7 Å². The first kappa shape index (κ1) is 14.1. The van der Waals surface area contributed by atoms with E-state index in [2.05, 4.69) is 22.1 Å². The number of nitrogens with one attached hydrogen (secondary N) is 1. The molecule has 2 heterocycles. The van der Waals surface area contributed by atoms with Crippen molar-refractivity contribution < 1.29 is 0 Å². The molecule has 2 aromatic rings. The lowest BCUT2D eigenvalue weighted by atomic mass is 10.2. The predicted molar refractivity (Wildman–Crippen MR) is 80.0 cm³/mol. The summed E-state index contributed by atoms with van der Waals surface area (Å²) in [6, 6.07) is 2.37. The Morgan fingerprint density at radius 1 is 1.32 bits per heavy atom. The van der Waals surface area contributed by atoms with E-state index in [0.29, 0.717) is 0 Å². The Labute approximate surface area is 117 Å². The molecular formula is C14H21N3OS. The van der Waals surface area contributed by atoms with Gasteiger partial charge in [0.25, 0.3) is 0 Å². The first-order valence-electron chi connectivity index (χ1n) is 6.67. The number of rotatable bonds is 7. The molecular weight excluding hydrogens is 258 g/mol. The summed E-state index contributed by atoms with van der Waals surface area (Å²) in [5, 5.41) is 7.65. The molecule has 0 unspecified atom stereocenters. The highest BCUT2D eigenvalue weighted by molar-refractivity contribution is 7.07. The average molecular weight is 279 g/mol. The number of hydrogen-bond donors (Lipinski definition) is 1. The van der Waals surface area contributed by atoms with Crippen molar-refractivity contribution in [2.75, 3.05) is 13.1 Å². The topological polar surface area (TPSA) is 39.0 Å². The van der Waals surface area contributed by atoms with Crippen molar-refractivity contribution >= 4 is 11.3 Å². The number of aromatic nitrogens is 2. The van der Waals surface area contributed by atoms with Crippen LogP contribution in [0.1, 0.15) is 25.5 Å². The molecule has 0 aliphatic rings. The second-order valence-electron chi connectivity index (χ2n) is 4.91. The van der Waals surface area contributed by atoms with Crippen molar-refractivity contribution in [2.45, 2.75) is 32.9 Å². The molecule has 0 amide bonds. The minimum absolute atomic E-state index is 0.0784. The third-order valence-corrected chi connectivity index (χ3v) is 3.86. The fraction of sp³-hybridized carbons (Fsp3) is 0.500. The lowest BCUT2D eigenvalue weighted by Crippen LogP contribution is -2.29. The molecule has 0 bridgehead atoms. The zero-order valence-corrected chi connectivity index (χ0v) is 12.3. The minimum Gasteiger partial charge on any atom is -0.315 e. The van der Waals surface area contributed by atoms with Gasteiger partial charge in [-0.3, -0.25) is 9.13 Å². The van der Waals surface area contributed by atoms with E-state index in [0.717, 1.165) is 26.1 Å². The van der Waals surface area contributed by atoms with Crippen molar-refractivity contribution in [1.82, 2.24) is 14.5 Å².